The van der Waals surface area contributed by atoms with Gasteiger partial charge in [-0.3, -0.25) is 4.79 Å². The van der Waals surface area contributed by atoms with E-state index in [1.54, 1.807) is 0 Å². The summed E-state index contributed by atoms with van der Waals surface area (Å²) in [4.78, 5) is 10.9. The molecule has 0 saturated carbocycles. The first-order valence-electron chi connectivity index (χ1n) is 3.95. The van der Waals surface area contributed by atoms with Crippen molar-refractivity contribution in [1.82, 2.24) is 0 Å². The molecule has 1 amide bonds. The molecular weight excluding hydrogens is 383 g/mol. The monoisotopic (exact) mass is 385 g/mol. The van der Waals surface area contributed by atoms with E-state index in [4.69, 9.17) is 40.6 Å². The van der Waals surface area contributed by atoms with Crippen molar-refractivity contribution < 1.29 is 34.9 Å². The largest absolute Gasteiger partial charge is 1.00 e. The SMILES string of the molecule is NN(C(=O)C(F)(F)F)c1c(Cl)cc(Cl)cc1Cl.[Br-]. The zero-order chi connectivity index (χ0) is 13.4. The quantitative estimate of drug-likeness (QED) is 0.431. The van der Waals surface area contributed by atoms with E-state index in [1.165, 1.54) is 0 Å². The zero-order valence-electron chi connectivity index (χ0n) is 8.23. The smallest absolute Gasteiger partial charge is 0.473 e. The molecule has 0 spiro atoms. The fraction of sp³-hybridized carbons (Fsp3) is 0.125. The lowest BCUT2D eigenvalue weighted by Crippen LogP contribution is -3.00. The van der Waals surface area contributed by atoms with Crippen molar-refractivity contribution in [3.63, 3.8) is 0 Å². The van der Waals surface area contributed by atoms with Crippen molar-refractivity contribution in [2.24, 2.45) is 5.84 Å². The summed E-state index contributed by atoms with van der Waals surface area (Å²) in [5.74, 6) is 2.74. The van der Waals surface area contributed by atoms with Gasteiger partial charge in [-0.05, 0) is 12.1 Å². The molecule has 0 heterocycles. The van der Waals surface area contributed by atoms with Gasteiger partial charge in [-0.15, -0.1) is 0 Å². The standard InChI is InChI=1S/C8H4Cl3F3N2O.BrH/c9-3-1-4(10)6(5(11)2-3)16(15)7(17)8(12,13)14;/h1-2H,15H2;1H/p-1. The molecule has 3 nitrogen and oxygen atoms in total. The first-order valence-corrected chi connectivity index (χ1v) is 5.08. The summed E-state index contributed by atoms with van der Waals surface area (Å²) in [7, 11) is 0. The number of alkyl halides is 3. The molecule has 10 heteroatoms. The van der Waals surface area contributed by atoms with Crippen molar-refractivity contribution >= 4 is 46.4 Å². The van der Waals surface area contributed by atoms with Crippen molar-refractivity contribution in [3.8, 4) is 0 Å². The minimum absolute atomic E-state index is 0. The molecule has 18 heavy (non-hydrogen) atoms. The van der Waals surface area contributed by atoms with Crippen molar-refractivity contribution in [1.29, 1.82) is 0 Å². The molecule has 0 saturated heterocycles. The van der Waals surface area contributed by atoms with Gasteiger partial charge in [-0.1, -0.05) is 34.8 Å². The number of hydrogen-bond donors (Lipinski definition) is 1. The molecule has 2 N–H and O–H groups in total. The van der Waals surface area contributed by atoms with E-state index >= 15 is 0 Å². The summed E-state index contributed by atoms with van der Waals surface area (Å²) in [6.07, 6.45) is -5.12. The molecule has 1 rings (SSSR count). The van der Waals surface area contributed by atoms with Crippen LogP contribution in [0, 0.1) is 0 Å². The Hall–Kier alpha value is -0.210. The molecule has 0 aliphatic heterocycles. The van der Waals surface area contributed by atoms with E-state index in [0.29, 0.717) is 0 Å². The van der Waals surface area contributed by atoms with E-state index in [2.05, 4.69) is 0 Å². The number of rotatable bonds is 1. The molecule has 0 atom stereocenters. The summed E-state index contributed by atoms with van der Waals surface area (Å²) in [6, 6.07) is 2.24. The molecule has 0 unspecified atom stereocenters. The van der Waals surface area contributed by atoms with E-state index in [-0.39, 0.29) is 37.1 Å². The van der Waals surface area contributed by atoms with Gasteiger partial charge in [0.2, 0.25) is 0 Å². The number of hydrazine groups is 1. The lowest BCUT2D eigenvalue weighted by molar-refractivity contribution is -0.170. The van der Waals surface area contributed by atoms with E-state index in [1.807, 2.05) is 0 Å². The maximum Gasteiger partial charge on any atom is 0.473 e. The highest BCUT2D eigenvalue weighted by Crippen LogP contribution is 2.36. The van der Waals surface area contributed by atoms with Gasteiger partial charge in [0.25, 0.3) is 0 Å². The van der Waals surface area contributed by atoms with Crippen LogP contribution in [0.1, 0.15) is 0 Å². The molecule has 1 aromatic carbocycles. The highest BCUT2D eigenvalue weighted by atomic mass is 79.9. The Balaban J connectivity index is 0.00000289. The highest BCUT2D eigenvalue weighted by molar-refractivity contribution is 6.42. The molecule has 0 radical (unpaired) electrons. The Morgan fingerprint density at radius 1 is 1.17 bits per heavy atom. The molecule has 0 aliphatic rings. The second-order valence-corrected chi connectivity index (χ2v) is 4.14. The highest BCUT2D eigenvalue weighted by Gasteiger charge is 2.43. The second-order valence-electron chi connectivity index (χ2n) is 2.89. The van der Waals surface area contributed by atoms with Gasteiger partial charge < -0.3 is 17.0 Å². The fourth-order valence-electron chi connectivity index (χ4n) is 1.00. The third-order valence-corrected chi connectivity index (χ3v) is 2.48. The Morgan fingerprint density at radius 2 is 1.56 bits per heavy atom. The number of benzene rings is 1. The molecule has 102 valence electrons. The number of amides is 1. The van der Waals surface area contributed by atoms with Crippen LogP contribution in [0.2, 0.25) is 15.1 Å². The first kappa shape index (κ1) is 17.8. The third-order valence-electron chi connectivity index (χ3n) is 1.68. The average molecular weight is 387 g/mol. The van der Waals surface area contributed by atoms with Gasteiger partial charge in [0, 0.05) is 5.02 Å². The maximum absolute atomic E-state index is 12.1. The van der Waals surface area contributed by atoms with Crippen LogP contribution in [-0.2, 0) is 4.79 Å². The number of nitrogens with two attached hydrogens (primary N) is 1. The molecular formula is C8H4BrCl3F3N2O-. The first-order chi connectivity index (χ1) is 7.64. The second kappa shape index (κ2) is 6.29. The summed E-state index contributed by atoms with van der Waals surface area (Å²) in [5.41, 5.74) is -0.458. The minimum Gasteiger partial charge on any atom is -1.00 e. The Bertz CT molecular complexity index is 446. The molecule has 0 bridgehead atoms. The van der Waals surface area contributed by atoms with Crippen molar-refractivity contribution in [2.75, 3.05) is 5.01 Å². The van der Waals surface area contributed by atoms with Gasteiger partial charge in [-0.25, -0.2) is 10.9 Å². The maximum atomic E-state index is 12.1. The number of anilines is 1. The van der Waals surface area contributed by atoms with Gasteiger partial charge >= 0.3 is 12.1 Å². The molecule has 0 fully saturated rings. The van der Waals surface area contributed by atoms with Gasteiger partial charge in [0.1, 0.15) is 0 Å². The van der Waals surface area contributed by atoms with E-state index in [0.717, 1.165) is 12.1 Å². The van der Waals surface area contributed by atoms with E-state index in [9.17, 15) is 18.0 Å². The summed E-state index contributed by atoms with van der Waals surface area (Å²) in [5, 5.41) is -0.581. The number of carbonyl (C=O) groups excluding carboxylic acids is 1. The Kier molecular flexibility index (Phi) is 6.22. The van der Waals surface area contributed by atoms with Crippen molar-refractivity contribution in [2.45, 2.75) is 6.18 Å². The Labute approximate surface area is 125 Å². The van der Waals surface area contributed by atoms with Crippen LogP contribution in [0.5, 0.6) is 0 Å². The van der Waals surface area contributed by atoms with Crippen molar-refractivity contribution in [3.05, 3.63) is 27.2 Å². The number of halogens is 7. The summed E-state index contributed by atoms with van der Waals surface area (Å²) < 4.78 is 36.4. The normalized spacial score (nSPS) is 10.8. The van der Waals surface area contributed by atoms with Crippen LogP contribution < -0.4 is 27.8 Å². The third kappa shape index (κ3) is 3.89. The lowest BCUT2D eigenvalue weighted by atomic mass is 10.3. The van der Waals surface area contributed by atoms with Gasteiger partial charge in [0.05, 0.1) is 15.7 Å². The molecule has 0 aromatic heterocycles. The van der Waals surface area contributed by atoms with Gasteiger partial charge in [0.15, 0.2) is 0 Å². The van der Waals surface area contributed by atoms with Crippen LogP contribution >= 0.6 is 34.8 Å². The number of nitrogens with zero attached hydrogens (tertiary/aromatic N) is 1. The predicted octanol–water partition coefficient (Wildman–Crippen LogP) is 0.420. The minimum atomic E-state index is -5.12. The van der Waals surface area contributed by atoms with Crippen LogP contribution in [0.15, 0.2) is 12.1 Å². The van der Waals surface area contributed by atoms with Crippen LogP contribution in [-0.4, -0.2) is 12.1 Å². The molecule has 1 aromatic rings. The Morgan fingerprint density at radius 3 is 1.89 bits per heavy atom. The number of carbonyl (C=O) groups is 1. The van der Waals surface area contributed by atoms with Crippen LogP contribution in [0.3, 0.4) is 0 Å². The van der Waals surface area contributed by atoms with Gasteiger partial charge in [-0.2, -0.15) is 13.2 Å². The fourth-order valence-corrected chi connectivity index (χ4v) is 2.00. The summed E-state index contributed by atoms with van der Waals surface area (Å²) >= 11 is 16.8. The predicted molar refractivity (Wildman–Crippen MR) is 59.2 cm³/mol. The lowest BCUT2D eigenvalue weighted by Gasteiger charge is -2.20. The number of hydrogen-bond acceptors (Lipinski definition) is 2. The topological polar surface area (TPSA) is 46.3 Å². The summed E-state index contributed by atoms with van der Waals surface area (Å²) in [6.45, 7) is 0. The van der Waals surface area contributed by atoms with Crippen LogP contribution in [0.4, 0.5) is 18.9 Å². The molecule has 0 aliphatic carbocycles. The average Bonchev–Trinajstić information content (AvgIpc) is 2.13. The van der Waals surface area contributed by atoms with Crippen LogP contribution in [0.25, 0.3) is 0 Å². The zero-order valence-corrected chi connectivity index (χ0v) is 12.1. The van der Waals surface area contributed by atoms with E-state index < -0.39 is 17.8 Å².